The van der Waals surface area contributed by atoms with E-state index in [4.69, 9.17) is 9.40 Å². The first kappa shape index (κ1) is 18.0. The Labute approximate surface area is 180 Å². The van der Waals surface area contributed by atoms with E-state index in [9.17, 15) is 9.59 Å². The molecule has 150 valence electrons. The van der Waals surface area contributed by atoms with Crippen molar-refractivity contribution in [1.29, 1.82) is 0 Å². The molecule has 1 atom stereocenters. The van der Waals surface area contributed by atoms with Crippen LogP contribution in [0.4, 0.5) is 5.13 Å². The van der Waals surface area contributed by atoms with Gasteiger partial charge in [-0.05, 0) is 48.4 Å². The van der Waals surface area contributed by atoms with Crippen molar-refractivity contribution in [1.82, 2.24) is 9.97 Å². The minimum absolute atomic E-state index is 0.0630. The van der Waals surface area contributed by atoms with Gasteiger partial charge in [0.1, 0.15) is 5.58 Å². The second-order valence-electron chi connectivity index (χ2n) is 7.50. The van der Waals surface area contributed by atoms with Crippen LogP contribution in [0.15, 0.2) is 76.2 Å². The van der Waals surface area contributed by atoms with E-state index < -0.39 is 6.04 Å². The molecule has 0 saturated carbocycles. The van der Waals surface area contributed by atoms with Gasteiger partial charge < -0.3 is 4.42 Å². The Morgan fingerprint density at radius 2 is 1.94 bits per heavy atom. The summed E-state index contributed by atoms with van der Waals surface area (Å²) in [5.41, 5.74) is 3.17. The quantitative estimate of drug-likeness (QED) is 0.404. The van der Waals surface area contributed by atoms with E-state index in [0.29, 0.717) is 21.7 Å². The molecule has 0 fully saturated rings. The summed E-state index contributed by atoms with van der Waals surface area (Å²) in [6.45, 7) is 2.02. The minimum Gasteiger partial charge on any atom is -0.450 e. The molecule has 0 bridgehead atoms. The van der Waals surface area contributed by atoms with Crippen LogP contribution >= 0.6 is 11.3 Å². The van der Waals surface area contributed by atoms with Crippen LogP contribution in [0.2, 0.25) is 0 Å². The molecule has 1 aliphatic rings. The Bertz CT molecular complexity index is 1560. The fourth-order valence-electron chi connectivity index (χ4n) is 4.09. The standard InChI is InChI=1S/C24H15N3O3S/c1-13-8-9-16-18(11-13)31-24(26-16)27-20(14-5-4-10-25-12-14)19-21(28)15-6-2-3-7-17(15)30-22(19)23(27)29/h2-12,20H,1H3. The van der Waals surface area contributed by atoms with Crippen molar-refractivity contribution >= 4 is 43.6 Å². The second-order valence-corrected chi connectivity index (χ2v) is 8.51. The smallest absolute Gasteiger partial charge is 0.297 e. The number of rotatable bonds is 2. The highest BCUT2D eigenvalue weighted by Gasteiger charge is 2.45. The first-order valence-electron chi connectivity index (χ1n) is 9.78. The Kier molecular flexibility index (Phi) is 3.82. The number of carbonyl (C=O) groups is 1. The highest BCUT2D eigenvalue weighted by Crippen LogP contribution is 2.43. The number of nitrogens with zero attached hydrogens (tertiary/aromatic N) is 3. The molecule has 3 aromatic heterocycles. The number of hydrogen-bond donors (Lipinski definition) is 0. The predicted molar refractivity (Wildman–Crippen MR) is 120 cm³/mol. The van der Waals surface area contributed by atoms with Gasteiger partial charge in [0, 0.05) is 12.4 Å². The van der Waals surface area contributed by atoms with Crippen molar-refractivity contribution in [3.8, 4) is 0 Å². The van der Waals surface area contributed by atoms with Crippen LogP contribution in [-0.4, -0.2) is 15.9 Å². The topological polar surface area (TPSA) is 76.3 Å². The number of amides is 1. The lowest BCUT2D eigenvalue weighted by Crippen LogP contribution is -2.29. The van der Waals surface area contributed by atoms with Crippen molar-refractivity contribution < 1.29 is 9.21 Å². The summed E-state index contributed by atoms with van der Waals surface area (Å²) in [4.78, 5) is 37.5. The molecule has 0 saturated heterocycles. The van der Waals surface area contributed by atoms with Gasteiger partial charge in [-0.1, -0.05) is 35.6 Å². The van der Waals surface area contributed by atoms with Crippen LogP contribution in [0, 0.1) is 6.92 Å². The van der Waals surface area contributed by atoms with Crippen LogP contribution < -0.4 is 10.3 Å². The molecule has 7 heteroatoms. The Morgan fingerprint density at radius 3 is 2.77 bits per heavy atom. The summed E-state index contributed by atoms with van der Waals surface area (Å²) in [6.07, 6.45) is 3.33. The second kappa shape index (κ2) is 6.58. The summed E-state index contributed by atoms with van der Waals surface area (Å²) in [5, 5.41) is 0.971. The maximum absolute atomic E-state index is 13.6. The summed E-state index contributed by atoms with van der Waals surface area (Å²) >= 11 is 1.42. The summed E-state index contributed by atoms with van der Waals surface area (Å²) in [6, 6.07) is 16.0. The van der Waals surface area contributed by atoms with Crippen molar-refractivity contribution in [2.45, 2.75) is 13.0 Å². The van der Waals surface area contributed by atoms with Gasteiger partial charge in [0.25, 0.3) is 5.91 Å². The largest absolute Gasteiger partial charge is 0.450 e. The molecule has 6 rings (SSSR count). The van der Waals surface area contributed by atoms with Gasteiger partial charge in [-0.15, -0.1) is 0 Å². The third kappa shape index (κ3) is 2.63. The van der Waals surface area contributed by atoms with E-state index in [2.05, 4.69) is 4.98 Å². The lowest BCUT2D eigenvalue weighted by atomic mass is 10.0. The van der Waals surface area contributed by atoms with Gasteiger partial charge in [0.15, 0.2) is 10.6 Å². The zero-order valence-corrected chi connectivity index (χ0v) is 17.2. The molecule has 2 aromatic carbocycles. The van der Waals surface area contributed by atoms with E-state index in [-0.39, 0.29) is 17.1 Å². The summed E-state index contributed by atoms with van der Waals surface area (Å²) in [7, 11) is 0. The predicted octanol–water partition coefficient (Wildman–Crippen LogP) is 4.86. The van der Waals surface area contributed by atoms with Crippen LogP contribution in [0.1, 0.15) is 33.3 Å². The maximum Gasteiger partial charge on any atom is 0.297 e. The molecule has 1 aliphatic heterocycles. The minimum atomic E-state index is -0.654. The van der Waals surface area contributed by atoms with E-state index in [0.717, 1.165) is 21.3 Å². The lowest BCUT2D eigenvalue weighted by Gasteiger charge is -2.22. The monoisotopic (exact) mass is 425 g/mol. The number of pyridine rings is 1. The highest BCUT2D eigenvalue weighted by atomic mass is 32.1. The fourth-order valence-corrected chi connectivity index (χ4v) is 5.18. The molecular weight excluding hydrogens is 410 g/mol. The van der Waals surface area contributed by atoms with Gasteiger partial charge in [-0.3, -0.25) is 19.5 Å². The van der Waals surface area contributed by atoms with Crippen molar-refractivity contribution in [3.63, 3.8) is 0 Å². The van der Waals surface area contributed by atoms with E-state index >= 15 is 0 Å². The molecule has 1 amide bonds. The zero-order valence-electron chi connectivity index (χ0n) is 16.4. The number of aryl methyl sites for hydroxylation is 1. The van der Waals surface area contributed by atoms with Crippen molar-refractivity contribution in [3.05, 3.63) is 99.7 Å². The van der Waals surface area contributed by atoms with Gasteiger partial charge in [0.2, 0.25) is 5.76 Å². The Morgan fingerprint density at radius 1 is 1.06 bits per heavy atom. The van der Waals surface area contributed by atoms with Crippen LogP contribution in [0.3, 0.4) is 0 Å². The van der Waals surface area contributed by atoms with Gasteiger partial charge >= 0.3 is 0 Å². The first-order valence-corrected chi connectivity index (χ1v) is 10.6. The molecule has 0 aliphatic carbocycles. The van der Waals surface area contributed by atoms with Gasteiger partial charge in [-0.2, -0.15) is 0 Å². The number of benzene rings is 2. The van der Waals surface area contributed by atoms with Gasteiger partial charge in [0.05, 0.1) is 27.2 Å². The van der Waals surface area contributed by atoms with Crippen LogP contribution in [0.5, 0.6) is 0 Å². The fraction of sp³-hybridized carbons (Fsp3) is 0.0833. The zero-order chi connectivity index (χ0) is 21.1. The van der Waals surface area contributed by atoms with E-state index in [1.165, 1.54) is 11.3 Å². The summed E-state index contributed by atoms with van der Waals surface area (Å²) < 4.78 is 6.94. The highest BCUT2D eigenvalue weighted by molar-refractivity contribution is 7.22. The number of anilines is 1. The van der Waals surface area contributed by atoms with Crippen molar-refractivity contribution in [2.24, 2.45) is 0 Å². The van der Waals surface area contributed by atoms with Gasteiger partial charge in [-0.25, -0.2) is 4.98 Å². The molecule has 5 aromatic rings. The normalized spacial score (nSPS) is 15.7. The Hall–Kier alpha value is -3.84. The lowest BCUT2D eigenvalue weighted by molar-refractivity contribution is 0.0971. The number of para-hydroxylation sites is 1. The number of hydrogen-bond acceptors (Lipinski definition) is 6. The first-order chi connectivity index (χ1) is 15.1. The molecule has 6 nitrogen and oxygen atoms in total. The molecule has 31 heavy (non-hydrogen) atoms. The molecular formula is C24H15N3O3S. The van der Waals surface area contributed by atoms with E-state index in [1.54, 1.807) is 47.6 Å². The molecule has 0 N–H and O–H groups in total. The van der Waals surface area contributed by atoms with Crippen LogP contribution in [0.25, 0.3) is 21.2 Å². The average Bonchev–Trinajstić information content (AvgIpc) is 3.33. The molecule has 0 spiro atoms. The SMILES string of the molecule is Cc1ccc2nc(N3C(=O)c4oc5ccccc5c(=O)c4C3c3cccnc3)sc2c1. The average molecular weight is 425 g/mol. The number of thiazole rings is 1. The number of carbonyl (C=O) groups excluding carboxylic acids is 1. The van der Waals surface area contributed by atoms with Crippen molar-refractivity contribution in [2.75, 3.05) is 4.90 Å². The third-order valence-electron chi connectivity index (χ3n) is 5.52. The number of fused-ring (bicyclic) bond motifs is 3. The molecule has 1 unspecified atom stereocenters. The Balaban J connectivity index is 1.64. The van der Waals surface area contributed by atoms with Crippen LogP contribution in [-0.2, 0) is 0 Å². The molecule has 0 radical (unpaired) electrons. The summed E-state index contributed by atoms with van der Waals surface area (Å²) in [5.74, 6) is -0.310. The maximum atomic E-state index is 13.6. The number of aromatic nitrogens is 2. The third-order valence-corrected chi connectivity index (χ3v) is 6.53. The van der Waals surface area contributed by atoms with E-state index in [1.807, 2.05) is 31.2 Å². The molecule has 4 heterocycles.